The normalized spacial score (nSPS) is 16.4. The van der Waals surface area contributed by atoms with Crippen molar-refractivity contribution in [2.75, 3.05) is 26.4 Å². The fraction of sp³-hybridized carbons (Fsp3) is 0.435. The molecule has 30 heavy (non-hydrogen) atoms. The van der Waals surface area contributed by atoms with Gasteiger partial charge in [0, 0.05) is 20.1 Å². The maximum atomic E-state index is 13.0. The van der Waals surface area contributed by atoms with Crippen molar-refractivity contribution < 1.29 is 13.2 Å². The second-order valence-corrected chi connectivity index (χ2v) is 10.0. The number of piperidine rings is 1. The van der Waals surface area contributed by atoms with E-state index < -0.39 is 16.1 Å². The number of rotatable bonds is 8. The molecule has 1 N–H and O–H groups in total. The van der Waals surface area contributed by atoms with Gasteiger partial charge in [0.05, 0.1) is 6.26 Å². The summed E-state index contributed by atoms with van der Waals surface area (Å²) in [6.45, 7) is 3.55. The molecule has 1 heterocycles. The average molecular weight is 430 g/mol. The molecule has 1 aliphatic heterocycles. The van der Waals surface area contributed by atoms with Gasteiger partial charge in [-0.2, -0.15) is 4.31 Å². The van der Waals surface area contributed by atoms with Gasteiger partial charge in [0.2, 0.25) is 15.9 Å². The number of hydrogen-bond acceptors (Lipinski definition) is 4. The standard InChI is InChI=1S/C23H31N3O3S/c1-25(30(2,28)29)22(21-12-5-3-6-13-21)23(27)24-17-19-10-9-11-20(16-19)18-26-14-7-4-8-15-26/h3,5-6,9-13,16,22H,4,7-8,14-15,17-18H2,1-2H3,(H,24,27)/t22-/m0/s1. The zero-order valence-electron chi connectivity index (χ0n) is 17.8. The van der Waals surface area contributed by atoms with Crippen LogP contribution in [0.2, 0.25) is 0 Å². The fourth-order valence-corrected chi connectivity index (χ4v) is 4.45. The average Bonchev–Trinajstić information content (AvgIpc) is 2.73. The number of benzene rings is 2. The molecule has 0 saturated carbocycles. The van der Waals surface area contributed by atoms with Crippen LogP contribution < -0.4 is 5.32 Å². The highest BCUT2D eigenvalue weighted by Crippen LogP contribution is 2.22. The molecule has 2 aromatic rings. The first-order valence-corrected chi connectivity index (χ1v) is 12.3. The van der Waals surface area contributed by atoms with Gasteiger partial charge in [-0.1, -0.05) is 61.0 Å². The highest BCUT2D eigenvalue weighted by Gasteiger charge is 2.30. The minimum atomic E-state index is -3.53. The molecule has 1 saturated heterocycles. The fourth-order valence-electron chi connectivity index (χ4n) is 3.85. The number of sulfonamides is 1. The third-order valence-electron chi connectivity index (χ3n) is 5.56. The Kier molecular flexibility index (Phi) is 7.64. The Morgan fingerprint density at radius 1 is 1.03 bits per heavy atom. The molecule has 1 amide bonds. The van der Waals surface area contributed by atoms with Gasteiger partial charge in [0.1, 0.15) is 6.04 Å². The molecule has 0 bridgehead atoms. The molecule has 162 valence electrons. The van der Waals surface area contributed by atoms with E-state index in [2.05, 4.69) is 22.3 Å². The van der Waals surface area contributed by atoms with E-state index in [0.717, 1.165) is 35.8 Å². The van der Waals surface area contributed by atoms with Crippen molar-refractivity contribution in [3.8, 4) is 0 Å². The summed E-state index contributed by atoms with van der Waals surface area (Å²) in [5.74, 6) is -0.337. The van der Waals surface area contributed by atoms with Crippen molar-refractivity contribution in [1.82, 2.24) is 14.5 Å². The van der Waals surface area contributed by atoms with Crippen LogP contribution >= 0.6 is 0 Å². The summed E-state index contributed by atoms with van der Waals surface area (Å²) < 4.78 is 25.3. The Hall–Kier alpha value is -2.22. The van der Waals surface area contributed by atoms with Crippen LogP contribution in [0.15, 0.2) is 54.6 Å². The van der Waals surface area contributed by atoms with Crippen LogP contribution in [0, 0.1) is 0 Å². The van der Waals surface area contributed by atoms with Gasteiger partial charge in [0.25, 0.3) is 0 Å². The van der Waals surface area contributed by atoms with Gasteiger partial charge in [-0.25, -0.2) is 8.42 Å². The van der Waals surface area contributed by atoms with Gasteiger partial charge in [-0.3, -0.25) is 9.69 Å². The maximum Gasteiger partial charge on any atom is 0.243 e. The summed E-state index contributed by atoms with van der Waals surface area (Å²) in [5.41, 5.74) is 2.88. The van der Waals surface area contributed by atoms with Crippen molar-refractivity contribution in [2.24, 2.45) is 0 Å². The first kappa shape index (κ1) is 22.5. The summed E-state index contributed by atoms with van der Waals surface area (Å²) in [4.78, 5) is 15.4. The molecule has 7 heteroatoms. The van der Waals surface area contributed by atoms with Gasteiger partial charge < -0.3 is 5.32 Å². The summed E-state index contributed by atoms with van der Waals surface area (Å²) in [5, 5.41) is 2.92. The molecule has 6 nitrogen and oxygen atoms in total. The second-order valence-electron chi connectivity index (χ2n) is 7.97. The van der Waals surface area contributed by atoms with Gasteiger partial charge in [0.15, 0.2) is 0 Å². The van der Waals surface area contributed by atoms with Crippen molar-refractivity contribution >= 4 is 15.9 Å². The van der Waals surface area contributed by atoms with E-state index in [4.69, 9.17) is 0 Å². The first-order chi connectivity index (χ1) is 14.3. The molecule has 0 unspecified atom stereocenters. The predicted octanol–water partition coefficient (Wildman–Crippen LogP) is 2.92. The number of amides is 1. The lowest BCUT2D eigenvalue weighted by molar-refractivity contribution is -0.124. The third-order valence-corrected chi connectivity index (χ3v) is 6.82. The molecule has 3 rings (SSSR count). The number of carbonyl (C=O) groups is 1. The Morgan fingerprint density at radius 3 is 2.37 bits per heavy atom. The Balaban J connectivity index is 1.68. The lowest BCUT2D eigenvalue weighted by Crippen LogP contribution is -2.41. The maximum absolute atomic E-state index is 13.0. The van der Waals surface area contributed by atoms with Crippen molar-refractivity contribution in [1.29, 1.82) is 0 Å². The van der Waals surface area contributed by atoms with Crippen LogP contribution in [-0.4, -0.2) is 49.9 Å². The second kappa shape index (κ2) is 10.2. The van der Waals surface area contributed by atoms with Crippen LogP contribution in [0.25, 0.3) is 0 Å². The molecule has 1 aliphatic rings. The van der Waals surface area contributed by atoms with E-state index >= 15 is 0 Å². The van der Waals surface area contributed by atoms with Crippen LogP contribution in [0.3, 0.4) is 0 Å². The molecule has 0 aromatic heterocycles. The van der Waals surface area contributed by atoms with E-state index in [1.54, 1.807) is 24.3 Å². The summed E-state index contributed by atoms with van der Waals surface area (Å²) >= 11 is 0. The van der Waals surface area contributed by atoms with E-state index in [9.17, 15) is 13.2 Å². The number of hydrogen-bond donors (Lipinski definition) is 1. The lowest BCUT2D eigenvalue weighted by atomic mass is 10.1. The minimum absolute atomic E-state index is 0.337. The monoisotopic (exact) mass is 429 g/mol. The summed E-state index contributed by atoms with van der Waals surface area (Å²) in [6, 6.07) is 16.3. The predicted molar refractivity (Wildman–Crippen MR) is 119 cm³/mol. The van der Waals surface area contributed by atoms with Gasteiger partial charge in [-0.05, 0) is 42.6 Å². The minimum Gasteiger partial charge on any atom is -0.350 e. The largest absolute Gasteiger partial charge is 0.350 e. The number of nitrogens with one attached hydrogen (secondary N) is 1. The van der Waals surface area contributed by atoms with E-state index in [0.29, 0.717) is 12.1 Å². The number of likely N-dealkylation sites (N-methyl/N-ethyl adjacent to an activating group) is 1. The Morgan fingerprint density at radius 2 is 1.70 bits per heavy atom. The number of likely N-dealkylation sites (tertiary alicyclic amines) is 1. The molecular formula is C23H31N3O3S. The molecule has 1 atom stereocenters. The number of nitrogens with zero attached hydrogens (tertiary/aromatic N) is 2. The van der Waals surface area contributed by atoms with Crippen LogP contribution in [0.5, 0.6) is 0 Å². The quantitative estimate of drug-likeness (QED) is 0.701. The Labute approximate surface area is 179 Å². The van der Waals surface area contributed by atoms with E-state index in [1.165, 1.54) is 31.9 Å². The molecule has 2 aromatic carbocycles. The molecule has 0 aliphatic carbocycles. The highest BCUT2D eigenvalue weighted by atomic mass is 32.2. The number of carbonyl (C=O) groups excluding carboxylic acids is 1. The molecule has 0 radical (unpaired) electrons. The zero-order valence-corrected chi connectivity index (χ0v) is 18.6. The highest BCUT2D eigenvalue weighted by molar-refractivity contribution is 7.88. The summed E-state index contributed by atoms with van der Waals surface area (Å²) in [6.07, 6.45) is 4.93. The van der Waals surface area contributed by atoms with Crippen LogP contribution in [-0.2, 0) is 27.9 Å². The first-order valence-electron chi connectivity index (χ1n) is 10.4. The van der Waals surface area contributed by atoms with E-state index in [1.807, 2.05) is 18.2 Å². The van der Waals surface area contributed by atoms with Gasteiger partial charge in [-0.15, -0.1) is 0 Å². The van der Waals surface area contributed by atoms with Crippen LogP contribution in [0.4, 0.5) is 0 Å². The molecular weight excluding hydrogens is 398 g/mol. The molecule has 1 fully saturated rings. The summed E-state index contributed by atoms with van der Waals surface area (Å²) in [7, 11) is -2.10. The van der Waals surface area contributed by atoms with Gasteiger partial charge >= 0.3 is 0 Å². The van der Waals surface area contributed by atoms with Crippen molar-refractivity contribution in [3.05, 3.63) is 71.3 Å². The van der Waals surface area contributed by atoms with Crippen molar-refractivity contribution in [3.63, 3.8) is 0 Å². The lowest BCUT2D eigenvalue weighted by Gasteiger charge is -2.27. The van der Waals surface area contributed by atoms with Crippen LogP contribution in [0.1, 0.15) is 42.0 Å². The molecule has 0 spiro atoms. The Bertz CT molecular complexity index is 941. The van der Waals surface area contributed by atoms with E-state index in [-0.39, 0.29) is 5.91 Å². The topological polar surface area (TPSA) is 69.7 Å². The van der Waals surface area contributed by atoms with Crippen molar-refractivity contribution in [2.45, 2.75) is 38.4 Å². The SMILES string of the molecule is CN([C@H](C(=O)NCc1cccc(CN2CCCCC2)c1)c1ccccc1)S(C)(=O)=O. The third kappa shape index (κ3) is 6.14. The zero-order chi connectivity index (χ0) is 21.6. The smallest absolute Gasteiger partial charge is 0.243 e.